The minimum Gasteiger partial charge on any atom is -0.354 e. The lowest BCUT2D eigenvalue weighted by Gasteiger charge is -2.14. The second-order valence-electron chi connectivity index (χ2n) is 4.38. The van der Waals surface area contributed by atoms with Crippen molar-refractivity contribution in [3.8, 4) is 0 Å². The molecule has 0 aromatic carbocycles. The third kappa shape index (κ3) is 4.56. The molecule has 0 aliphatic heterocycles. The smallest absolute Gasteiger partial charge is 0.282 e. The van der Waals surface area contributed by atoms with Crippen molar-refractivity contribution < 1.29 is 18.4 Å². The van der Waals surface area contributed by atoms with Gasteiger partial charge in [0.25, 0.3) is 6.43 Å². The summed E-state index contributed by atoms with van der Waals surface area (Å²) in [5.41, 5.74) is 0.133. The number of nitrogens with zero attached hydrogens (tertiary/aromatic N) is 2. The highest BCUT2D eigenvalue weighted by Crippen LogP contribution is 2.20. The normalized spacial score (nSPS) is 12.5. The lowest BCUT2D eigenvalue weighted by molar-refractivity contribution is -0.124. The predicted octanol–water partition coefficient (Wildman–Crippen LogP) is 2.35. The van der Waals surface area contributed by atoms with Crippen LogP contribution in [-0.2, 0) is 9.59 Å². The van der Waals surface area contributed by atoms with E-state index in [-0.39, 0.29) is 18.0 Å². The van der Waals surface area contributed by atoms with Crippen molar-refractivity contribution in [3.63, 3.8) is 0 Å². The Bertz CT molecular complexity index is 491. The van der Waals surface area contributed by atoms with Crippen molar-refractivity contribution in [2.24, 2.45) is 0 Å². The molecule has 1 aromatic rings. The van der Waals surface area contributed by atoms with E-state index in [2.05, 4.69) is 10.4 Å². The van der Waals surface area contributed by atoms with Gasteiger partial charge in [0.2, 0.25) is 11.1 Å². The van der Waals surface area contributed by atoms with Crippen LogP contribution in [0, 0.1) is 6.92 Å². The Morgan fingerprint density at radius 1 is 1.50 bits per heavy atom. The van der Waals surface area contributed by atoms with Crippen LogP contribution in [0.1, 0.15) is 43.6 Å². The minimum atomic E-state index is -2.67. The Kier molecular flexibility index (Phi) is 6.06. The molecule has 0 radical (unpaired) electrons. The van der Waals surface area contributed by atoms with Gasteiger partial charge < -0.3 is 5.32 Å². The Hall–Kier alpha value is -1.50. The van der Waals surface area contributed by atoms with Crippen LogP contribution in [0.2, 0.25) is 0 Å². The highest BCUT2D eigenvalue weighted by molar-refractivity contribution is 6.63. The fraction of sp³-hybridized carbons (Fsp3) is 0.583. The molecule has 1 amide bonds. The number of hydrogen-bond donors (Lipinski definition) is 1. The zero-order valence-corrected chi connectivity index (χ0v) is 12.0. The molecule has 1 heterocycles. The van der Waals surface area contributed by atoms with Crippen LogP contribution in [-0.4, -0.2) is 27.5 Å². The number of amides is 1. The standard InChI is InChI=1S/C12H16ClF2N3O2/c1-7-6-9(11(14)15)17-18(7)8(2)12(20)16-5-3-4-10(13)19/h6,8,11H,3-5H2,1-2H3,(H,16,20). The maximum Gasteiger partial charge on any atom is 0.282 e. The lowest BCUT2D eigenvalue weighted by Crippen LogP contribution is -2.32. The van der Waals surface area contributed by atoms with Crippen molar-refractivity contribution in [1.82, 2.24) is 15.1 Å². The zero-order chi connectivity index (χ0) is 15.3. The summed E-state index contributed by atoms with van der Waals surface area (Å²) in [4.78, 5) is 22.4. The van der Waals surface area contributed by atoms with E-state index < -0.39 is 17.7 Å². The molecule has 1 rings (SSSR count). The van der Waals surface area contributed by atoms with Gasteiger partial charge in [-0.25, -0.2) is 8.78 Å². The van der Waals surface area contributed by atoms with Crippen LogP contribution in [0.4, 0.5) is 8.78 Å². The third-order valence-electron chi connectivity index (χ3n) is 2.76. The van der Waals surface area contributed by atoms with E-state index in [4.69, 9.17) is 11.6 Å². The molecule has 8 heteroatoms. The van der Waals surface area contributed by atoms with Gasteiger partial charge in [0, 0.05) is 18.7 Å². The van der Waals surface area contributed by atoms with Gasteiger partial charge in [-0.3, -0.25) is 14.3 Å². The molecule has 0 spiro atoms. The van der Waals surface area contributed by atoms with Crippen LogP contribution in [0.25, 0.3) is 0 Å². The Labute approximate surface area is 120 Å². The van der Waals surface area contributed by atoms with Crippen molar-refractivity contribution in [2.45, 2.75) is 39.2 Å². The summed E-state index contributed by atoms with van der Waals surface area (Å²) in [7, 11) is 0. The SMILES string of the molecule is Cc1cc(C(F)F)nn1C(C)C(=O)NCCCC(=O)Cl. The van der Waals surface area contributed by atoms with E-state index in [1.165, 1.54) is 10.7 Å². The number of halogens is 3. The highest BCUT2D eigenvalue weighted by atomic mass is 35.5. The maximum absolute atomic E-state index is 12.5. The van der Waals surface area contributed by atoms with Crippen molar-refractivity contribution in [1.29, 1.82) is 0 Å². The summed E-state index contributed by atoms with van der Waals surface area (Å²) < 4.78 is 26.3. The molecule has 112 valence electrons. The molecule has 5 nitrogen and oxygen atoms in total. The molecule has 0 saturated heterocycles. The second-order valence-corrected chi connectivity index (χ2v) is 4.80. The van der Waals surface area contributed by atoms with Crippen LogP contribution in [0.15, 0.2) is 6.07 Å². The molecule has 1 unspecified atom stereocenters. The van der Waals surface area contributed by atoms with Crippen LogP contribution < -0.4 is 5.32 Å². The fourth-order valence-corrected chi connectivity index (χ4v) is 1.84. The second kappa shape index (κ2) is 7.33. The van der Waals surface area contributed by atoms with Gasteiger partial charge in [0.1, 0.15) is 11.7 Å². The van der Waals surface area contributed by atoms with E-state index >= 15 is 0 Å². The van der Waals surface area contributed by atoms with Gasteiger partial charge in [-0.05, 0) is 37.9 Å². The summed E-state index contributed by atoms with van der Waals surface area (Å²) in [5, 5.41) is 5.86. The van der Waals surface area contributed by atoms with Crippen molar-refractivity contribution >= 4 is 22.8 Å². The van der Waals surface area contributed by atoms with Gasteiger partial charge in [-0.1, -0.05) is 0 Å². The molecule has 0 fully saturated rings. The quantitative estimate of drug-likeness (QED) is 0.621. The summed E-state index contributed by atoms with van der Waals surface area (Å²) in [6.45, 7) is 3.47. The molecular formula is C12H16ClF2N3O2. The van der Waals surface area contributed by atoms with Crippen LogP contribution >= 0.6 is 11.6 Å². The van der Waals surface area contributed by atoms with E-state index in [1.54, 1.807) is 13.8 Å². The lowest BCUT2D eigenvalue weighted by atomic mass is 10.2. The van der Waals surface area contributed by atoms with Gasteiger partial charge in [0.05, 0.1) is 0 Å². The van der Waals surface area contributed by atoms with Gasteiger partial charge in [0.15, 0.2) is 0 Å². The maximum atomic E-state index is 12.5. The Balaban J connectivity index is 2.58. The van der Waals surface area contributed by atoms with E-state index in [1.807, 2.05) is 0 Å². The number of rotatable bonds is 7. The largest absolute Gasteiger partial charge is 0.354 e. The average Bonchev–Trinajstić information content (AvgIpc) is 2.75. The molecule has 1 N–H and O–H groups in total. The molecular weight excluding hydrogens is 292 g/mol. The Morgan fingerprint density at radius 3 is 2.65 bits per heavy atom. The topological polar surface area (TPSA) is 64.0 Å². The van der Waals surface area contributed by atoms with Crippen LogP contribution in [0.3, 0.4) is 0 Å². The zero-order valence-electron chi connectivity index (χ0n) is 11.2. The number of aromatic nitrogens is 2. The first-order chi connectivity index (χ1) is 9.32. The molecule has 0 aliphatic carbocycles. The first kappa shape index (κ1) is 16.6. The number of alkyl halides is 2. The van der Waals surface area contributed by atoms with E-state index in [9.17, 15) is 18.4 Å². The minimum absolute atomic E-state index is 0.173. The summed E-state index contributed by atoms with van der Waals surface area (Å²) in [6, 6.07) is 0.551. The van der Waals surface area contributed by atoms with Gasteiger partial charge in [-0.15, -0.1) is 0 Å². The molecule has 0 bridgehead atoms. The average molecular weight is 308 g/mol. The first-order valence-corrected chi connectivity index (χ1v) is 6.51. The van der Waals surface area contributed by atoms with Gasteiger partial charge >= 0.3 is 0 Å². The summed E-state index contributed by atoms with van der Waals surface area (Å²) in [5.74, 6) is -0.348. The number of nitrogens with one attached hydrogen (secondary N) is 1. The molecule has 0 saturated carbocycles. The van der Waals surface area contributed by atoms with Crippen LogP contribution in [0.5, 0.6) is 0 Å². The van der Waals surface area contributed by atoms with Gasteiger partial charge in [-0.2, -0.15) is 5.10 Å². The molecule has 0 aliphatic rings. The summed E-state index contributed by atoms with van der Waals surface area (Å²) >= 11 is 5.17. The molecule has 20 heavy (non-hydrogen) atoms. The fourth-order valence-electron chi connectivity index (χ4n) is 1.71. The predicted molar refractivity (Wildman–Crippen MR) is 69.7 cm³/mol. The number of aryl methyl sites for hydroxylation is 1. The van der Waals surface area contributed by atoms with Crippen molar-refractivity contribution in [3.05, 3.63) is 17.5 Å². The van der Waals surface area contributed by atoms with Crippen molar-refractivity contribution in [2.75, 3.05) is 6.54 Å². The first-order valence-electron chi connectivity index (χ1n) is 6.13. The van der Waals surface area contributed by atoms with E-state index in [0.717, 1.165) is 0 Å². The Morgan fingerprint density at radius 2 is 2.15 bits per heavy atom. The molecule has 1 atom stereocenters. The summed E-state index contributed by atoms with van der Waals surface area (Å²) in [6.07, 6.45) is -2.06. The number of hydrogen-bond acceptors (Lipinski definition) is 3. The van der Waals surface area contributed by atoms with E-state index in [0.29, 0.717) is 18.7 Å². The monoisotopic (exact) mass is 307 g/mol. The highest BCUT2D eigenvalue weighted by Gasteiger charge is 2.20. The number of carbonyl (C=O) groups excluding carboxylic acids is 2. The number of carbonyl (C=O) groups is 2. The third-order valence-corrected chi connectivity index (χ3v) is 2.95. The molecule has 1 aromatic heterocycles.